The molecule has 0 aliphatic heterocycles. The topological polar surface area (TPSA) is 75.7 Å². The molecule has 0 aliphatic carbocycles. The van der Waals surface area contributed by atoms with Crippen LogP contribution in [0.3, 0.4) is 0 Å². The van der Waals surface area contributed by atoms with Crippen molar-refractivity contribution in [1.82, 2.24) is 9.62 Å². The first-order valence-electron chi connectivity index (χ1n) is 10.4. The monoisotopic (exact) mass is 452 g/mol. The minimum atomic E-state index is -3.91. The van der Waals surface area contributed by atoms with Gasteiger partial charge >= 0.3 is 0 Å². The van der Waals surface area contributed by atoms with Crippen molar-refractivity contribution < 1.29 is 17.9 Å². The summed E-state index contributed by atoms with van der Waals surface area (Å²) in [5.74, 6) is -0.0636. The molecular weight excluding hydrogens is 424 g/mol. The molecule has 0 fully saturated rings. The van der Waals surface area contributed by atoms with Gasteiger partial charge in [-0.05, 0) is 43.2 Å². The van der Waals surface area contributed by atoms with Crippen LogP contribution in [-0.2, 0) is 23.1 Å². The van der Waals surface area contributed by atoms with E-state index in [1.807, 2.05) is 74.5 Å². The van der Waals surface area contributed by atoms with Crippen molar-refractivity contribution in [3.63, 3.8) is 0 Å². The van der Waals surface area contributed by atoms with Crippen LogP contribution in [0.5, 0.6) is 5.75 Å². The Morgan fingerprint density at radius 2 is 1.44 bits per heavy atom. The van der Waals surface area contributed by atoms with Gasteiger partial charge in [-0.25, -0.2) is 8.42 Å². The largest absolute Gasteiger partial charge is 0.496 e. The van der Waals surface area contributed by atoms with Gasteiger partial charge in [0.2, 0.25) is 10.0 Å². The highest BCUT2D eigenvalue weighted by Gasteiger charge is 2.27. The van der Waals surface area contributed by atoms with Crippen LogP contribution in [0.15, 0.2) is 83.8 Å². The second kappa shape index (κ2) is 10.4. The number of hydrogen-bond acceptors (Lipinski definition) is 4. The Kier molecular flexibility index (Phi) is 7.66. The Hall–Kier alpha value is -3.16. The summed E-state index contributed by atoms with van der Waals surface area (Å²) in [5.41, 5.74) is 1.93. The van der Waals surface area contributed by atoms with Crippen molar-refractivity contribution in [2.24, 2.45) is 0 Å². The molecule has 0 heterocycles. The van der Waals surface area contributed by atoms with E-state index >= 15 is 0 Å². The maximum absolute atomic E-state index is 13.7. The second-order valence-electron chi connectivity index (χ2n) is 7.73. The van der Waals surface area contributed by atoms with Crippen LogP contribution in [0, 0.1) is 0 Å². The van der Waals surface area contributed by atoms with Gasteiger partial charge in [0.1, 0.15) is 5.75 Å². The summed E-state index contributed by atoms with van der Waals surface area (Å²) in [6.45, 7) is 4.09. The third kappa shape index (κ3) is 5.75. The van der Waals surface area contributed by atoms with Crippen LogP contribution in [0.2, 0.25) is 0 Å². The third-order valence-corrected chi connectivity index (χ3v) is 6.66. The van der Waals surface area contributed by atoms with Gasteiger partial charge in [-0.1, -0.05) is 60.7 Å². The van der Waals surface area contributed by atoms with Gasteiger partial charge in [0.25, 0.3) is 5.91 Å². The van der Waals surface area contributed by atoms with Gasteiger partial charge in [-0.15, -0.1) is 0 Å². The van der Waals surface area contributed by atoms with Crippen molar-refractivity contribution in [2.75, 3.05) is 7.11 Å². The number of rotatable bonds is 9. The van der Waals surface area contributed by atoms with Crippen molar-refractivity contribution in [2.45, 2.75) is 37.9 Å². The van der Waals surface area contributed by atoms with Crippen LogP contribution in [0.4, 0.5) is 0 Å². The summed E-state index contributed by atoms with van der Waals surface area (Å²) in [4.78, 5) is 12.7. The number of carbonyl (C=O) groups excluding carboxylic acids is 1. The molecule has 7 heteroatoms. The molecule has 0 radical (unpaired) electrons. The van der Waals surface area contributed by atoms with Gasteiger partial charge in [0.05, 0.1) is 17.6 Å². The van der Waals surface area contributed by atoms with E-state index in [-0.39, 0.29) is 35.5 Å². The summed E-state index contributed by atoms with van der Waals surface area (Å²) >= 11 is 0. The fourth-order valence-electron chi connectivity index (χ4n) is 3.31. The van der Waals surface area contributed by atoms with E-state index in [4.69, 9.17) is 4.74 Å². The van der Waals surface area contributed by atoms with E-state index in [1.54, 1.807) is 0 Å². The molecule has 0 aromatic heterocycles. The first kappa shape index (κ1) is 23.5. The molecular formula is C25H28N2O4S. The fraction of sp³-hybridized carbons (Fsp3) is 0.240. The number of nitrogens with one attached hydrogen (secondary N) is 1. The number of amides is 1. The van der Waals surface area contributed by atoms with Crippen LogP contribution >= 0.6 is 0 Å². The lowest BCUT2D eigenvalue weighted by Crippen LogP contribution is -2.32. The number of sulfonamides is 1. The molecule has 0 atom stereocenters. The van der Waals surface area contributed by atoms with E-state index in [9.17, 15) is 13.2 Å². The SMILES string of the molecule is COc1ccc(S(=O)(=O)N(Cc2ccccc2)Cc2ccccc2)cc1C(=O)NC(C)C. The average Bonchev–Trinajstić information content (AvgIpc) is 2.79. The molecule has 0 spiro atoms. The molecule has 0 unspecified atom stereocenters. The maximum atomic E-state index is 13.7. The first-order chi connectivity index (χ1) is 15.3. The quantitative estimate of drug-likeness (QED) is 0.527. The highest BCUT2D eigenvalue weighted by Crippen LogP contribution is 2.27. The van der Waals surface area contributed by atoms with Gasteiger partial charge in [-0.2, -0.15) is 4.31 Å². The second-order valence-corrected chi connectivity index (χ2v) is 9.67. The number of hydrogen-bond donors (Lipinski definition) is 1. The molecule has 0 saturated carbocycles. The lowest BCUT2D eigenvalue weighted by atomic mass is 10.2. The van der Waals surface area contributed by atoms with Crippen LogP contribution < -0.4 is 10.1 Å². The number of nitrogens with zero attached hydrogens (tertiary/aromatic N) is 1. The Labute approximate surface area is 189 Å². The normalized spacial score (nSPS) is 11.5. The minimum Gasteiger partial charge on any atom is -0.496 e. The molecule has 6 nitrogen and oxygen atoms in total. The summed E-state index contributed by atoms with van der Waals surface area (Å²) in [5, 5.41) is 2.79. The van der Waals surface area contributed by atoms with E-state index < -0.39 is 10.0 Å². The highest BCUT2D eigenvalue weighted by atomic mass is 32.2. The molecule has 1 amide bonds. The standard InChI is InChI=1S/C25H28N2O4S/c1-19(2)26-25(28)23-16-22(14-15-24(23)31-3)32(29,30)27(17-20-10-6-4-7-11-20)18-21-12-8-5-9-13-21/h4-16,19H,17-18H2,1-3H3,(H,26,28). The van der Waals surface area contributed by atoms with Gasteiger partial charge in [0, 0.05) is 19.1 Å². The number of ether oxygens (including phenoxy) is 1. The Balaban J connectivity index is 2.02. The molecule has 3 aromatic carbocycles. The zero-order chi connectivity index (χ0) is 23.1. The highest BCUT2D eigenvalue weighted by molar-refractivity contribution is 7.89. The molecule has 168 valence electrons. The molecule has 3 aromatic rings. The number of benzene rings is 3. The molecule has 0 bridgehead atoms. The summed E-state index contributed by atoms with van der Waals surface area (Å²) in [6, 6.07) is 23.1. The maximum Gasteiger partial charge on any atom is 0.255 e. The lowest BCUT2D eigenvalue weighted by Gasteiger charge is -2.23. The zero-order valence-electron chi connectivity index (χ0n) is 18.5. The van der Waals surface area contributed by atoms with Gasteiger partial charge in [-0.3, -0.25) is 4.79 Å². The number of carbonyl (C=O) groups is 1. The summed E-state index contributed by atoms with van der Waals surface area (Å²) < 4.78 is 34.1. The smallest absolute Gasteiger partial charge is 0.255 e. The van der Waals surface area contributed by atoms with Crippen LogP contribution in [0.1, 0.15) is 35.3 Å². The summed E-state index contributed by atoms with van der Waals surface area (Å²) in [7, 11) is -2.46. The van der Waals surface area contributed by atoms with E-state index in [0.717, 1.165) is 11.1 Å². The number of methoxy groups -OCH3 is 1. The Morgan fingerprint density at radius 3 is 1.91 bits per heavy atom. The van der Waals surface area contributed by atoms with Crippen molar-refractivity contribution in [1.29, 1.82) is 0 Å². The minimum absolute atomic E-state index is 0.0408. The molecule has 32 heavy (non-hydrogen) atoms. The third-order valence-electron chi connectivity index (χ3n) is 4.88. The lowest BCUT2D eigenvalue weighted by molar-refractivity contribution is 0.0940. The predicted octanol–water partition coefficient (Wildman–Crippen LogP) is 4.22. The van der Waals surface area contributed by atoms with Crippen molar-refractivity contribution >= 4 is 15.9 Å². The van der Waals surface area contributed by atoms with E-state index in [2.05, 4.69) is 5.32 Å². The van der Waals surface area contributed by atoms with Gasteiger partial charge < -0.3 is 10.1 Å². The molecule has 3 rings (SSSR count). The zero-order valence-corrected chi connectivity index (χ0v) is 19.3. The van der Waals surface area contributed by atoms with Crippen molar-refractivity contribution in [3.8, 4) is 5.75 Å². The average molecular weight is 453 g/mol. The molecule has 0 saturated heterocycles. The van der Waals surface area contributed by atoms with Crippen LogP contribution in [-0.4, -0.2) is 31.8 Å². The van der Waals surface area contributed by atoms with E-state index in [1.165, 1.54) is 29.6 Å². The van der Waals surface area contributed by atoms with Crippen molar-refractivity contribution in [3.05, 3.63) is 95.6 Å². The molecule has 0 aliphatic rings. The van der Waals surface area contributed by atoms with E-state index in [0.29, 0.717) is 5.75 Å². The Morgan fingerprint density at radius 1 is 0.906 bits per heavy atom. The van der Waals surface area contributed by atoms with Gasteiger partial charge in [0.15, 0.2) is 0 Å². The Bertz CT molecular complexity index is 1110. The van der Waals surface area contributed by atoms with Crippen LogP contribution in [0.25, 0.3) is 0 Å². The fourth-order valence-corrected chi connectivity index (χ4v) is 4.76. The predicted molar refractivity (Wildman–Crippen MR) is 125 cm³/mol. The summed E-state index contributed by atoms with van der Waals surface area (Å²) in [6.07, 6.45) is 0. The first-order valence-corrected chi connectivity index (χ1v) is 11.8. The molecule has 1 N–H and O–H groups in total.